The highest BCUT2D eigenvalue weighted by molar-refractivity contribution is 5.94. The quantitative estimate of drug-likeness (QED) is 0.810. The Morgan fingerprint density at radius 1 is 0.862 bits per heavy atom. The van der Waals surface area contributed by atoms with Crippen LogP contribution in [0.3, 0.4) is 0 Å². The summed E-state index contributed by atoms with van der Waals surface area (Å²) in [5.41, 5.74) is 1.01. The van der Waals surface area contributed by atoms with Crippen LogP contribution >= 0.6 is 0 Å². The summed E-state index contributed by atoms with van der Waals surface area (Å²) < 4.78 is 0. The summed E-state index contributed by atoms with van der Waals surface area (Å²) in [6, 6.07) is 3.85. The fourth-order valence-electron chi connectivity index (χ4n) is 8.52. The van der Waals surface area contributed by atoms with Crippen molar-refractivity contribution in [1.29, 1.82) is 0 Å². The molecule has 0 radical (unpaired) electrons. The van der Waals surface area contributed by atoms with Gasteiger partial charge in [0.1, 0.15) is 5.82 Å². The Morgan fingerprint density at radius 3 is 2.00 bits per heavy atom. The van der Waals surface area contributed by atoms with Crippen LogP contribution in [0.25, 0.3) is 0 Å². The highest BCUT2D eigenvalue weighted by Crippen LogP contribution is 2.70. The van der Waals surface area contributed by atoms with Gasteiger partial charge in [-0.2, -0.15) is 0 Å². The minimum absolute atomic E-state index is 0.159. The van der Waals surface area contributed by atoms with Crippen molar-refractivity contribution in [2.24, 2.45) is 59.2 Å². The predicted molar refractivity (Wildman–Crippen MR) is 107 cm³/mol. The Labute approximate surface area is 171 Å². The van der Waals surface area contributed by atoms with E-state index >= 15 is 0 Å². The predicted octanol–water partition coefficient (Wildman–Crippen LogP) is 3.22. The van der Waals surface area contributed by atoms with Gasteiger partial charge >= 0.3 is 0 Å². The van der Waals surface area contributed by atoms with Gasteiger partial charge in [0.05, 0.1) is 0 Å². The number of hydrogen-bond donors (Lipinski definition) is 2. The molecule has 8 atom stereocenters. The maximum Gasteiger partial charge on any atom is 0.229 e. The average molecular weight is 392 g/mol. The monoisotopic (exact) mass is 391 g/mol. The summed E-state index contributed by atoms with van der Waals surface area (Å²) in [7, 11) is 0. The molecule has 6 fully saturated rings. The zero-order valence-corrected chi connectivity index (χ0v) is 16.7. The lowest BCUT2D eigenvalue weighted by Gasteiger charge is -2.11. The summed E-state index contributed by atoms with van der Waals surface area (Å²) in [4.78, 5) is 29.7. The zero-order valence-electron chi connectivity index (χ0n) is 16.7. The highest BCUT2D eigenvalue weighted by atomic mass is 16.2. The Balaban J connectivity index is 0.957. The molecule has 1 heterocycles. The highest BCUT2D eigenvalue weighted by Gasteiger charge is 2.68. The molecule has 0 aromatic carbocycles. The van der Waals surface area contributed by atoms with Crippen LogP contribution in [-0.4, -0.2) is 16.8 Å². The molecule has 0 aliphatic heterocycles. The molecule has 7 rings (SSSR count). The van der Waals surface area contributed by atoms with Gasteiger partial charge in [-0.3, -0.25) is 9.59 Å². The third-order valence-corrected chi connectivity index (χ3v) is 9.62. The van der Waals surface area contributed by atoms with Gasteiger partial charge in [0.25, 0.3) is 0 Å². The second kappa shape index (κ2) is 5.83. The van der Waals surface area contributed by atoms with E-state index in [2.05, 4.69) is 15.6 Å². The lowest BCUT2D eigenvalue weighted by Crippen LogP contribution is -2.27. The van der Waals surface area contributed by atoms with Crippen LogP contribution in [0.4, 0.5) is 5.82 Å². The Kier molecular flexibility index (Phi) is 3.38. The molecule has 6 aliphatic carbocycles. The summed E-state index contributed by atoms with van der Waals surface area (Å²) in [5.74, 6) is 7.38. The van der Waals surface area contributed by atoms with E-state index < -0.39 is 0 Å². The van der Waals surface area contributed by atoms with Gasteiger partial charge in [0.2, 0.25) is 11.8 Å². The first-order valence-electron chi connectivity index (χ1n) is 11.7. The van der Waals surface area contributed by atoms with E-state index in [1.54, 1.807) is 6.20 Å². The molecule has 5 heteroatoms. The van der Waals surface area contributed by atoms with Crippen molar-refractivity contribution < 1.29 is 9.59 Å². The number of amides is 2. The maximum absolute atomic E-state index is 12.7. The molecule has 4 bridgehead atoms. The molecule has 0 saturated heterocycles. The third kappa shape index (κ3) is 2.42. The van der Waals surface area contributed by atoms with Crippen molar-refractivity contribution in [2.75, 3.05) is 5.32 Å². The fraction of sp³-hybridized carbons (Fsp3) is 0.708. The molecular weight excluding hydrogens is 362 g/mol. The topological polar surface area (TPSA) is 71.1 Å². The van der Waals surface area contributed by atoms with Crippen LogP contribution in [0.1, 0.15) is 44.1 Å². The number of pyridine rings is 1. The molecule has 1 aromatic rings. The van der Waals surface area contributed by atoms with E-state index in [0.29, 0.717) is 36.0 Å². The van der Waals surface area contributed by atoms with Crippen LogP contribution < -0.4 is 10.6 Å². The van der Waals surface area contributed by atoms with Gasteiger partial charge in [-0.05, 0) is 104 Å². The van der Waals surface area contributed by atoms with Gasteiger partial charge in [-0.1, -0.05) is 0 Å². The van der Waals surface area contributed by atoms with E-state index in [-0.39, 0.29) is 23.7 Å². The van der Waals surface area contributed by atoms with Crippen molar-refractivity contribution in [2.45, 2.75) is 45.1 Å². The van der Waals surface area contributed by atoms with Crippen molar-refractivity contribution in [3.05, 3.63) is 23.9 Å². The molecule has 29 heavy (non-hydrogen) atoms. The van der Waals surface area contributed by atoms with Crippen molar-refractivity contribution in [3.8, 4) is 0 Å². The molecule has 5 nitrogen and oxygen atoms in total. The van der Waals surface area contributed by atoms with Crippen LogP contribution in [0.15, 0.2) is 18.3 Å². The largest absolute Gasteiger partial charge is 0.352 e. The Morgan fingerprint density at radius 2 is 1.41 bits per heavy atom. The number of carbonyl (C=O) groups is 2. The Hall–Kier alpha value is -1.91. The van der Waals surface area contributed by atoms with E-state index in [9.17, 15) is 9.59 Å². The zero-order chi connectivity index (χ0) is 19.3. The van der Waals surface area contributed by atoms with E-state index in [1.807, 2.05) is 12.1 Å². The number of aromatic nitrogens is 1. The molecular formula is C24H29N3O2. The number of hydrogen-bond acceptors (Lipinski definition) is 3. The standard InChI is InChI=1S/C24H29N3O2/c28-23(21-17-12-1-2-13(8-12)18(17)21)26-10-11-5-6-25-16(7-11)27-24(29)22-19-14-3-4-15(9-14)20(19)22/h5-7,12-15,17-22H,1-4,8-10H2,(H,26,28)(H,25,27,29). The number of fused-ring (bicyclic) bond motifs is 10. The fourth-order valence-corrected chi connectivity index (χ4v) is 8.52. The maximum atomic E-state index is 12.7. The van der Waals surface area contributed by atoms with Crippen LogP contribution in [0, 0.1) is 59.2 Å². The third-order valence-electron chi connectivity index (χ3n) is 9.62. The Bertz CT molecular complexity index is 868. The van der Waals surface area contributed by atoms with E-state index in [4.69, 9.17) is 0 Å². The minimum Gasteiger partial charge on any atom is -0.352 e. The van der Waals surface area contributed by atoms with Crippen LogP contribution in [0.2, 0.25) is 0 Å². The SMILES string of the molecule is O=C(NCc1ccnc(NC(=O)C2C3C4CCC(C4)C23)c1)C1C2C3CCC(C3)C12. The first-order chi connectivity index (χ1) is 14.2. The van der Waals surface area contributed by atoms with Gasteiger partial charge < -0.3 is 10.6 Å². The molecule has 0 spiro atoms. The van der Waals surface area contributed by atoms with E-state index in [1.165, 1.54) is 38.5 Å². The molecule has 8 unspecified atom stereocenters. The summed E-state index contributed by atoms with van der Waals surface area (Å²) in [6.45, 7) is 0.522. The average Bonchev–Trinajstić information content (AvgIpc) is 3.39. The van der Waals surface area contributed by atoms with Crippen molar-refractivity contribution >= 4 is 17.6 Å². The molecule has 2 N–H and O–H groups in total. The van der Waals surface area contributed by atoms with Crippen LogP contribution in [0.5, 0.6) is 0 Å². The summed E-state index contributed by atoms with van der Waals surface area (Å²) >= 11 is 0. The smallest absolute Gasteiger partial charge is 0.229 e. The number of carbonyl (C=O) groups excluding carboxylic acids is 2. The lowest BCUT2D eigenvalue weighted by atomic mass is 10.0. The van der Waals surface area contributed by atoms with Gasteiger partial charge in [0, 0.05) is 24.6 Å². The number of nitrogens with zero attached hydrogens (tertiary/aromatic N) is 1. The number of anilines is 1. The second-order valence-electron chi connectivity index (χ2n) is 10.8. The lowest BCUT2D eigenvalue weighted by molar-refractivity contribution is -0.123. The molecule has 2 amide bonds. The first kappa shape index (κ1) is 16.8. The second-order valence-corrected chi connectivity index (χ2v) is 10.8. The summed E-state index contributed by atoms with van der Waals surface area (Å²) in [5, 5.41) is 6.20. The van der Waals surface area contributed by atoms with Gasteiger partial charge in [-0.25, -0.2) is 4.98 Å². The molecule has 6 aliphatic rings. The van der Waals surface area contributed by atoms with Crippen molar-refractivity contribution in [1.82, 2.24) is 10.3 Å². The van der Waals surface area contributed by atoms with Gasteiger partial charge in [-0.15, -0.1) is 0 Å². The minimum atomic E-state index is 0.159. The first-order valence-corrected chi connectivity index (χ1v) is 11.7. The molecule has 152 valence electrons. The molecule has 6 saturated carbocycles. The van der Waals surface area contributed by atoms with E-state index in [0.717, 1.165) is 29.2 Å². The number of nitrogens with one attached hydrogen (secondary N) is 2. The van der Waals surface area contributed by atoms with Crippen molar-refractivity contribution in [3.63, 3.8) is 0 Å². The van der Waals surface area contributed by atoms with Crippen LogP contribution in [-0.2, 0) is 16.1 Å². The molecule has 1 aromatic heterocycles. The summed E-state index contributed by atoms with van der Waals surface area (Å²) in [6.07, 6.45) is 9.80. The normalized spacial score (nSPS) is 46.9. The van der Waals surface area contributed by atoms with Gasteiger partial charge in [0.15, 0.2) is 0 Å². The number of rotatable bonds is 5.